The number of benzene rings is 5. The van der Waals surface area contributed by atoms with E-state index in [9.17, 15) is 0 Å². The summed E-state index contributed by atoms with van der Waals surface area (Å²) in [7, 11) is 0. The van der Waals surface area contributed by atoms with Gasteiger partial charge in [0.05, 0.1) is 22.1 Å². The quantitative estimate of drug-likeness (QED) is 0.223. The highest BCUT2D eigenvalue weighted by atomic mass is 15.0. The Morgan fingerprint density at radius 2 is 1.12 bits per heavy atom. The first-order valence-electron chi connectivity index (χ1n) is 14.0. The van der Waals surface area contributed by atoms with Crippen LogP contribution in [0.1, 0.15) is 18.4 Å². The highest BCUT2D eigenvalue weighted by molar-refractivity contribution is 6.19. The van der Waals surface area contributed by atoms with Crippen molar-refractivity contribution < 1.29 is 0 Å². The highest BCUT2D eigenvalue weighted by Gasteiger charge is 2.18. The van der Waals surface area contributed by atoms with Gasteiger partial charge in [-0.25, -0.2) is 0 Å². The predicted octanol–water partition coefficient (Wildman–Crippen LogP) is 10.2. The van der Waals surface area contributed by atoms with Gasteiger partial charge in [-0.15, -0.1) is 0 Å². The molecular weight excluding hydrogens is 484 g/mol. The molecule has 0 unspecified atom stereocenters. The summed E-state index contributed by atoms with van der Waals surface area (Å²) < 4.78 is 4.83. The first-order chi connectivity index (χ1) is 19.8. The summed E-state index contributed by atoms with van der Waals surface area (Å²) in [5, 5.41) is 5.08. The van der Waals surface area contributed by atoms with Gasteiger partial charge >= 0.3 is 0 Å². The summed E-state index contributed by atoms with van der Waals surface area (Å²) in [4.78, 5) is 0. The van der Waals surface area contributed by atoms with Crippen molar-refractivity contribution in [2.75, 3.05) is 0 Å². The minimum absolute atomic E-state index is 1.03. The topological polar surface area (TPSA) is 9.86 Å². The Bertz CT molecular complexity index is 2170. The molecule has 2 heteroatoms. The molecule has 0 amide bonds. The molecule has 0 radical (unpaired) electrons. The maximum absolute atomic E-state index is 4.35. The second kappa shape index (κ2) is 9.00. The lowest BCUT2D eigenvalue weighted by Gasteiger charge is -2.13. The number of allylic oxidation sites excluding steroid dienone is 5. The number of nitrogens with zero attached hydrogens (tertiary/aromatic N) is 2. The number of rotatable bonds is 3. The van der Waals surface area contributed by atoms with Crippen LogP contribution in [0.25, 0.3) is 60.6 Å². The van der Waals surface area contributed by atoms with E-state index >= 15 is 0 Å². The van der Waals surface area contributed by atoms with E-state index in [1.54, 1.807) is 0 Å². The third-order valence-corrected chi connectivity index (χ3v) is 8.24. The van der Waals surface area contributed by atoms with Gasteiger partial charge in [0.2, 0.25) is 0 Å². The zero-order chi connectivity index (χ0) is 26.6. The van der Waals surface area contributed by atoms with Gasteiger partial charge in [-0.1, -0.05) is 91.5 Å². The molecule has 2 aromatic heterocycles. The van der Waals surface area contributed by atoms with Gasteiger partial charge in [0, 0.05) is 32.9 Å². The zero-order valence-corrected chi connectivity index (χ0v) is 22.2. The smallest absolute Gasteiger partial charge is 0.0562 e. The van der Waals surface area contributed by atoms with Gasteiger partial charge in [0.25, 0.3) is 0 Å². The molecule has 0 saturated heterocycles. The van der Waals surface area contributed by atoms with Crippen LogP contribution in [0.4, 0.5) is 0 Å². The normalized spacial score (nSPS) is 13.9. The van der Waals surface area contributed by atoms with Gasteiger partial charge in [0.1, 0.15) is 0 Å². The zero-order valence-electron chi connectivity index (χ0n) is 22.2. The molecule has 0 N–H and O–H groups in total. The fourth-order valence-electron chi connectivity index (χ4n) is 6.45. The van der Waals surface area contributed by atoms with Gasteiger partial charge in [-0.3, -0.25) is 0 Å². The molecule has 5 aromatic carbocycles. The molecule has 0 spiro atoms. The molecule has 0 fully saturated rings. The van der Waals surface area contributed by atoms with Gasteiger partial charge in [0.15, 0.2) is 0 Å². The van der Waals surface area contributed by atoms with E-state index < -0.39 is 0 Å². The average molecular weight is 513 g/mol. The minimum atomic E-state index is 1.03. The van der Waals surface area contributed by atoms with Crippen LogP contribution in [0.2, 0.25) is 0 Å². The molecule has 1 aliphatic carbocycles. The number of fused-ring (bicyclic) bond motifs is 6. The minimum Gasteiger partial charge on any atom is -0.309 e. The monoisotopic (exact) mass is 512 g/mol. The summed E-state index contributed by atoms with van der Waals surface area (Å²) in [6, 6.07) is 41.9. The SMILES string of the molecule is C=C1C=CCCC=C1c1cccc(-n2c3ccccc3c3cc4c5ccccc5n(-c5ccccc5)c4cc32)c1. The van der Waals surface area contributed by atoms with E-state index in [-0.39, 0.29) is 0 Å². The van der Waals surface area contributed by atoms with Crippen molar-refractivity contribution in [3.05, 3.63) is 151 Å². The largest absolute Gasteiger partial charge is 0.309 e. The molecule has 0 atom stereocenters. The maximum atomic E-state index is 4.35. The Balaban J connectivity index is 1.46. The van der Waals surface area contributed by atoms with E-state index in [0.717, 1.165) is 24.1 Å². The molecule has 0 aliphatic heterocycles. The molecule has 0 bridgehead atoms. The number of hydrogen-bond donors (Lipinski definition) is 0. The van der Waals surface area contributed by atoms with E-state index in [1.165, 1.54) is 60.4 Å². The molecule has 8 rings (SSSR count). The molecule has 190 valence electrons. The van der Waals surface area contributed by atoms with E-state index in [2.05, 4.69) is 149 Å². The van der Waals surface area contributed by atoms with Crippen molar-refractivity contribution in [1.29, 1.82) is 0 Å². The fraction of sp³-hybridized carbons (Fsp3) is 0.0526. The lowest BCUT2D eigenvalue weighted by atomic mass is 9.98. The molecule has 7 aromatic rings. The third-order valence-electron chi connectivity index (χ3n) is 8.24. The van der Waals surface area contributed by atoms with Gasteiger partial charge < -0.3 is 9.13 Å². The van der Waals surface area contributed by atoms with Crippen LogP contribution in [-0.4, -0.2) is 9.13 Å². The number of para-hydroxylation sites is 3. The summed E-state index contributed by atoms with van der Waals surface area (Å²) in [5.41, 5.74) is 10.7. The average Bonchev–Trinajstić information content (AvgIpc) is 3.40. The summed E-state index contributed by atoms with van der Waals surface area (Å²) in [6.45, 7) is 4.35. The second-order valence-electron chi connectivity index (χ2n) is 10.6. The van der Waals surface area contributed by atoms with E-state index in [0.29, 0.717) is 0 Å². The van der Waals surface area contributed by atoms with Crippen molar-refractivity contribution in [2.24, 2.45) is 0 Å². The Kier molecular flexibility index (Phi) is 5.14. The summed E-state index contributed by atoms with van der Waals surface area (Å²) in [6.07, 6.45) is 8.80. The van der Waals surface area contributed by atoms with Crippen LogP contribution >= 0.6 is 0 Å². The highest BCUT2D eigenvalue weighted by Crippen LogP contribution is 2.40. The number of hydrogen-bond acceptors (Lipinski definition) is 0. The van der Waals surface area contributed by atoms with Crippen LogP contribution in [0.5, 0.6) is 0 Å². The Morgan fingerprint density at radius 3 is 1.85 bits per heavy atom. The van der Waals surface area contributed by atoms with Crippen LogP contribution < -0.4 is 0 Å². The van der Waals surface area contributed by atoms with Crippen molar-refractivity contribution in [3.8, 4) is 11.4 Å². The van der Waals surface area contributed by atoms with E-state index in [1.807, 2.05) is 0 Å². The Hall–Kier alpha value is -5.08. The molecule has 40 heavy (non-hydrogen) atoms. The molecule has 2 heterocycles. The first kappa shape index (κ1) is 22.9. The van der Waals surface area contributed by atoms with Crippen molar-refractivity contribution in [2.45, 2.75) is 12.8 Å². The summed E-state index contributed by atoms with van der Waals surface area (Å²) >= 11 is 0. The Morgan fingerprint density at radius 1 is 0.500 bits per heavy atom. The van der Waals surface area contributed by atoms with E-state index in [4.69, 9.17) is 0 Å². The predicted molar refractivity (Wildman–Crippen MR) is 171 cm³/mol. The van der Waals surface area contributed by atoms with Crippen LogP contribution in [0.3, 0.4) is 0 Å². The number of aromatic nitrogens is 2. The third kappa shape index (κ3) is 3.43. The maximum Gasteiger partial charge on any atom is 0.0562 e. The molecule has 2 nitrogen and oxygen atoms in total. The Labute approximate surface area is 233 Å². The van der Waals surface area contributed by atoms with Crippen LogP contribution in [0, 0.1) is 0 Å². The van der Waals surface area contributed by atoms with Crippen LogP contribution in [0.15, 0.2) is 146 Å². The molecule has 1 aliphatic rings. The van der Waals surface area contributed by atoms with Crippen molar-refractivity contribution >= 4 is 49.2 Å². The molecule has 0 saturated carbocycles. The summed E-state index contributed by atoms with van der Waals surface area (Å²) in [5.74, 6) is 0. The lowest BCUT2D eigenvalue weighted by molar-refractivity contribution is 1.06. The van der Waals surface area contributed by atoms with Gasteiger partial charge in [-0.05, 0) is 78.1 Å². The van der Waals surface area contributed by atoms with Crippen molar-refractivity contribution in [3.63, 3.8) is 0 Å². The first-order valence-corrected chi connectivity index (χ1v) is 14.0. The second-order valence-corrected chi connectivity index (χ2v) is 10.6. The lowest BCUT2D eigenvalue weighted by Crippen LogP contribution is -1.97. The fourth-order valence-corrected chi connectivity index (χ4v) is 6.45. The van der Waals surface area contributed by atoms with Crippen LogP contribution in [-0.2, 0) is 0 Å². The standard InChI is InChI=1S/C38H28N2/c1-26-13-4-2-7-18-30(26)27-14-12-17-29(23-27)40-36-22-11-9-20-32(36)34-24-33-31-19-8-10-21-35(31)39(37(33)25-38(34)40)28-15-5-3-6-16-28/h3-6,8-25H,1-2,7H2. The van der Waals surface area contributed by atoms with Crippen molar-refractivity contribution in [1.82, 2.24) is 9.13 Å². The van der Waals surface area contributed by atoms with Gasteiger partial charge in [-0.2, -0.15) is 0 Å². The molecular formula is C38H28N2.